The smallest absolute Gasteiger partial charge is 0.0863 e. The average Bonchev–Trinajstić information content (AvgIpc) is 2.60. The number of rotatable bonds is 0. The first-order chi connectivity index (χ1) is 6.91. The topological polar surface area (TPSA) is 12.4 Å². The van der Waals surface area contributed by atoms with E-state index in [2.05, 4.69) is 30.5 Å². The lowest BCUT2D eigenvalue weighted by Crippen LogP contribution is -2.24. The van der Waals surface area contributed by atoms with Crippen LogP contribution in [0.4, 0.5) is 0 Å². The fraction of sp³-hybridized carbons (Fsp3) is 0.462. The van der Waals surface area contributed by atoms with Crippen LogP contribution in [-0.2, 0) is 5.54 Å². The molecule has 1 aromatic rings. The zero-order valence-electron chi connectivity index (χ0n) is 8.37. The van der Waals surface area contributed by atoms with Gasteiger partial charge < -0.3 is 0 Å². The number of hydrogen-bond acceptors (Lipinski definition) is 1. The Bertz CT molecular complexity index is 373. The van der Waals surface area contributed by atoms with Crippen LogP contribution in [0.2, 0.25) is 0 Å². The lowest BCUT2D eigenvalue weighted by Gasteiger charge is -2.31. The zero-order chi connectivity index (χ0) is 9.43. The van der Waals surface area contributed by atoms with Crippen LogP contribution < -0.4 is 0 Å². The van der Waals surface area contributed by atoms with Gasteiger partial charge in [0.05, 0.1) is 5.54 Å². The molecule has 0 N–H and O–H groups in total. The van der Waals surface area contributed by atoms with Crippen molar-refractivity contribution < 1.29 is 0 Å². The van der Waals surface area contributed by atoms with Crippen LogP contribution in [0.15, 0.2) is 29.3 Å². The van der Waals surface area contributed by atoms with Crippen LogP contribution in [0.3, 0.4) is 0 Å². The van der Waals surface area contributed by atoms with Gasteiger partial charge in [0.15, 0.2) is 0 Å². The Labute approximate surface area is 84.9 Å². The summed E-state index contributed by atoms with van der Waals surface area (Å²) in [6.45, 7) is 0. The van der Waals surface area contributed by atoms with Crippen molar-refractivity contribution >= 4 is 6.21 Å². The van der Waals surface area contributed by atoms with Crippen molar-refractivity contribution in [3.05, 3.63) is 35.4 Å². The monoisotopic (exact) mass is 185 g/mol. The Morgan fingerprint density at radius 3 is 2.64 bits per heavy atom. The first-order valence-corrected chi connectivity index (χ1v) is 5.55. The third-order valence-electron chi connectivity index (χ3n) is 3.59. The highest BCUT2D eigenvalue weighted by molar-refractivity contribution is 5.86. The molecular formula is C13H15N. The van der Waals surface area contributed by atoms with Crippen molar-refractivity contribution in [2.24, 2.45) is 4.99 Å². The summed E-state index contributed by atoms with van der Waals surface area (Å²) in [5.41, 5.74) is 2.99. The normalized spacial score (nSPS) is 22.6. The Morgan fingerprint density at radius 1 is 1.00 bits per heavy atom. The SMILES string of the molecule is C1=NC2(CCCCC2)c2ccccc21. The molecule has 0 bridgehead atoms. The molecule has 0 amide bonds. The predicted molar refractivity (Wildman–Crippen MR) is 58.8 cm³/mol. The second-order valence-corrected chi connectivity index (χ2v) is 4.44. The molecule has 0 saturated heterocycles. The minimum atomic E-state index is 0.175. The molecule has 1 nitrogen and oxygen atoms in total. The highest BCUT2D eigenvalue weighted by Crippen LogP contribution is 2.44. The van der Waals surface area contributed by atoms with Crippen LogP contribution in [0.25, 0.3) is 0 Å². The summed E-state index contributed by atoms with van der Waals surface area (Å²) in [6.07, 6.45) is 8.64. The Balaban J connectivity index is 2.07. The first-order valence-electron chi connectivity index (χ1n) is 5.55. The molecule has 1 heteroatoms. The Kier molecular flexibility index (Phi) is 1.73. The largest absolute Gasteiger partial charge is 0.281 e. The van der Waals surface area contributed by atoms with Gasteiger partial charge in [0.2, 0.25) is 0 Å². The molecule has 1 fully saturated rings. The number of hydrogen-bond donors (Lipinski definition) is 0. The van der Waals surface area contributed by atoms with Gasteiger partial charge in [-0.3, -0.25) is 4.99 Å². The second kappa shape index (κ2) is 2.94. The highest BCUT2D eigenvalue weighted by atomic mass is 14.9. The average molecular weight is 185 g/mol. The molecule has 1 aromatic carbocycles. The molecule has 1 aliphatic carbocycles. The van der Waals surface area contributed by atoms with Crippen molar-refractivity contribution in [2.75, 3.05) is 0 Å². The summed E-state index contributed by atoms with van der Waals surface area (Å²) in [5.74, 6) is 0. The van der Waals surface area contributed by atoms with Gasteiger partial charge in [0.1, 0.15) is 0 Å². The van der Waals surface area contributed by atoms with E-state index in [0.29, 0.717) is 0 Å². The lowest BCUT2D eigenvalue weighted by molar-refractivity contribution is 0.311. The molecule has 0 aromatic heterocycles. The lowest BCUT2D eigenvalue weighted by atomic mass is 9.77. The minimum absolute atomic E-state index is 0.175. The molecular weight excluding hydrogens is 170 g/mol. The molecule has 3 rings (SSSR count). The van der Waals surface area contributed by atoms with Crippen molar-refractivity contribution in [1.82, 2.24) is 0 Å². The van der Waals surface area contributed by atoms with Gasteiger partial charge in [-0.2, -0.15) is 0 Å². The summed E-state index contributed by atoms with van der Waals surface area (Å²) in [5, 5.41) is 0. The van der Waals surface area contributed by atoms with E-state index in [1.165, 1.54) is 43.2 Å². The molecule has 0 unspecified atom stereocenters. The fourth-order valence-electron chi connectivity index (χ4n) is 2.83. The summed E-state index contributed by atoms with van der Waals surface area (Å²) < 4.78 is 0. The Morgan fingerprint density at radius 2 is 1.79 bits per heavy atom. The third-order valence-corrected chi connectivity index (χ3v) is 3.59. The molecule has 1 spiro atoms. The van der Waals surface area contributed by atoms with Gasteiger partial charge in [0, 0.05) is 6.21 Å². The summed E-state index contributed by atoms with van der Waals surface area (Å²) in [4.78, 5) is 4.77. The summed E-state index contributed by atoms with van der Waals surface area (Å²) >= 11 is 0. The number of benzene rings is 1. The van der Waals surface area contributed by atoms with Crippen LogP contribution >= 0.6 is 0 Å². The predicted octanol–water partition coefficient (Wildman–Crippen LogP) is 3.28. The van der Waals surface area contributed by atoms with E-state index in [1.807, 2.05) is 0 Å². The van der Waals surface area contributed by atoms with Crippen LogP contribution in [0.5, 0.6) is 0 Å². The van der Waals surface area contributed by atoms with Gasteiger partial charge in [-0.15, -0.1) is 0 Å². The fourth-order valence-corrected chi connectivity index (χ4v) is 2.83. The maximum absolute atomic E-state index is 4.77. The van der Waals surface area contributed by atoms with Gasteiger partial charge in [-0.1, -0.05) is 43.5 Å². The van der Waals surface area contributed by atoms with E-state index in [9.17, 15) is 0 Å². The van der Waals surface area contributed by atoms with Crippen molar-refractivity contribution in [1.29, 1.82) is 0 Å². The molecule has 0 atom stereocenters. The van der Waals surface area contributed by atoms with Gasteiger partial charge in [-0.25, -0.2) is 0 Å². The van der Waals surface area contributed by atoms with Crippen molar-refractivity contribution in [3.8, 4) is 0 Å². The molecule has 72 valence electrons. The number of fused-ring (bicyclic) bond motifs is 2. The maximum Gasteiger partial charge on any atom is 0.0863 e. The van der Waals surface area contributed by atoms with E-state index < -0.39 is 0 Å². The van der Waals surface area contributed by atoms with Gasteiger partial charge in [0.25, 0.3) is 0 Å². The first kappa shape index (κ1) is 8.22. The highest BCUT2D eigenvalue weighted by Gasteiger charge is 2.37. The molecule has 1 saturated carbocycles. The summed E-state index contributed by atoms with van der Waals surface area (Å²) in [7, 11) is 0. The van der Waals surface area contributed by atoms with Crippen molar-refractivity contribution in [3.63, 3.8) is 0 Å². The van der Waals surface area contributed by atoms with Crippen LogP contribution in [-0.4, -0.2) is 6.21 Å². The third kappa shape index (κ3) is 1.05. The number of aliphatic imine (C=N–C) groups is 1. The van der Waals surface area contributed by atoms with Crippen LogP contribution in [0.1, 0.15) is 43.2 Å². The molecule has 2 aliphatic rings. The van der Waals surface area contributed by atoms with Crippen molar-refractivity contribution in [2.45, 2.75) is 37.6 Å². The minimum Gasteiger partial charge on any atom is -0.281 e. The maximum atomic E-state index is 4.77. The zero-order valence-corrected chi connectivity index (χ0v) is 8.37. The second-order valence-electron chi connectivity index (χ2n) is 4.44. The molecule has 14 heavy (non-hydrogen) atoms. The van der Waals surface area contributed by atoms with E-state index in [4.69, 9.17) is 4.99 Å². The summed E-state index contributed by atoms with van der Waals surface area (Å²) in [6, 6.07) is 8.69. The van der Waals surface area contributed by atoms with Gasteiger partial charge >= 0.3 is 0 Å². The van der Waals surface area contributed by atoms with Crippen LogP contribution in [0, 0.1) is 0 Å². The van der Waals surface area contributed by atoms with E-state index in [0.717, 1.165) is 0 Å². The number of nitrogens with zero attached hydrogens (tertiary/aromatic N) is 1. The standard InChI is InChI=1S/C13H15N/c1-4-8-13(9-5-1)12-7-3-2-6-11(12)10-14-13/h2-3,6-7,10H,1,4-5,8-9H2. The van der Waals surface area contributed by atoms with E-state index in [-0.39, 0.29) is 5.54 Å². The van der Waals surface area contributed by atoms with Gasteiger partial charge in [-0.05, 0) is 24.0 Å². The molecule has 0 radical (unpaired) electrons. The van der Waals surface area contributed by atoms with E-state index >= 15 is 0 Å². The van der Waals surface area contributed by atoms with E-state index in [1.54, 1.807) is 0 Å². The quantitative estimate of drug-likeness (QED) is 0.588. The Hall–Kier alpha value is -1.11. The molecule has 1 heterocycles. The molecule has 1 aliphatic heterocycles.